The van der Waals surface area contributed by atoms with Crippen LogP contribution >= 0.6 is 34.9 Å². The van der Waals surface area contributed by atoms with Gasteiger partial charge in [0.1, 0.15) is 0 Å². The molecule has 1 heterocycles. The lowest BCUT2D eigenvalue weighted by Crippen LogP contribution is -2.02. The molecule has 0 aliphatic heterocycles. The number of methoxy groups -OCH3 is 1. The fourth-order valence-corrected chi connectivity index (χ4v) is 2.79. The van der Waals surface area contributed by atoms with Crippen molar-refractivity contribution in [2.24, 2.45) is 0 Å². The summed E-state index contributed by atoms with van der Waals surface area (Å²) in [5.74, 6) is 0.0466. The second-order valence-electron chi connectivity index (χ2n) is 1.90. The van der Waals surface area contributed by atoms with Gasteiger partial charge in [-0.2, -0.15) is 0 Å². The molecular weight excluding hydrogens is 228 g/mol. The molecule has 0 unspecified atom stereocenters. The minimum absolute atomic E-state index is 0.245. The van der Waals surface area contributed by atoms with E-state index in [1.54, 1.807) is 11.8 Å². The summed E-state index contributed by atoms with van der Waals surface area (Å²) in [5, 5.41) is 7.79. The maximum atomic E-state index is 10.8. The van der Waals surface area contributed by atoms with E-state index in [-0.39, 0.29) is 5.97 Å². The number of rotatable bonds is 4. The van der Waals surface area contributed by atoms with Crippen molar-refractivity contribution in [1.82, 2.24) is 10.2 Å². The zero-order valence-electron chi connectivity index (χ0n) is 7.14. The molecule has 0 fully saturated rings. The van der Waals surface area contributed by atoms with E-state index in [0.717, 1.165) is 8.68 Å². The van der Waals surface area contributed by atoms with E-state index in [0.29, 0.717) is 5.75 Å². The van der Waals surface area contributed by atoms with Gasteiger partial charge < -0.3 is 4.74 Å². The maximum Gasteiger partial charge on any atom is 0.316 e. The van der Waals surface area contributed by atoms with Gasteiger partial charge in [0.25, 0.3) is 0 Å². The van der Waals surface area contributed by atoms with Crippen molar-refractivity contribution in [2.75, 3.05) is 19.1 Å². The van der Waals surface area contributed by atoms with Crippen LogP contribution in [0.15, 0.2) is 8.68 Å². The molecule has 0 N–H and O–H groups in total. The van der Waals surface area contributed by atoms with Crippen LogP contribution in [0.5, 0.6) is 0 Å². The number of aromatic nitrogens is 2. The van der Waals surface area contributed by atoms with Crippen molar-refractivity contribution in [3.8, 4) is 0 Å². The average molecular weight is 236 g/mol. The number of nitrogens with zero attached hydrogens (tertiary/aromatic N) is 2. The highest BCUT2D eigenvalue weighted by atomic mass is 32.2. The number of hydrogen-bond donors (Lipinski definition) is 0. The second kappa shape index (κ2) is 5.46. The summed E-state index contributed by atoms with van der Waals surface area (Å²) in [6, 6.07) is 0. The number of hydrogen-bond acceptors (Lipinski definition) is 7. The first-order valence-electron chi connectivity index (χ1n) is 3.33. The molecular formula is C6H8N2O2S3. The standard InChI is InChI=1S/C6H8N2O2S3/c1-10-4(9)3-12-6-8-7-5(11-2)13-6/h3H2,1-2H3. The Labute approximate surface area is 88.5 Å². The SMILES string of the molecule is COC(=O)CSc1nnc(SC)s1. The Hall–Kier alpha value is -0.270. The van der Waals surface area contributed by atoms with Crippen LogP contribution in [0.3, 0.4) is 0 Å². The molecule has 0 bridgehead atoms. The third-order valence-electron chi connectivity index (χ3n) is 1.10. The fraction of sp³-hybridized carbons (Fsp3) is 0.500. The minimum atomic E-state index is -0.245. The highest BCUT2D eigenvalue weighted by Crippen LogP contribution is 2.27. The highest BCUT2D eigenvalue weighted by Gasteiger charge is 2.06. The van der Waals surface area contributed by atoms with E-state index in [4.69, 9.17) is 0 Å². The topological polar surface area (TPSA) is 52.1 Å². The Morgan fingerprint density at radius 2 is 2.23 bits per heavy atom. The van der Waals surface area contributed by atoms with Crippen LogP contribution in [0.4, 0.5) is 0 Å². The van der Waals surface area contributed by atoms with Crippen LogP contribution in [0.25, 0.3) is 0 Å². The second-order valence-corrected chi connectivity index (χ2v) is 5.16. The number of ether oxygens (including phenoxy) is 1. The number of esters is 1. The lowest BCUT2D eigenvalue weighted by molar-refractivity contribution is -0.137. The van der Waals surface area contributed by atoms with Crippen molar-refractivity contribution in [3.05, 3.63) is 0 Å². The molecule has 1 rings (SSSR count). The number of carbonyl (C=O) groups is 1. The molecule has 0 aliphatic carbocycles. The Morgan fingerprint density at radius 3 is 2.77 bits per heavy atom. The van der Waals surface area contributed by atoms with Crippen molar-refractivity contribution < 1.29 is 9.53 Å². The maximum absolute atomic E-state index is 10.8. The number of thioether (sulfide) groups is 2. The molecule has 4 nitrogen and oxygen atoms in total. The molecule has 0 amide bonds. The largest absolute Gasteiger partial charge is 0.468 e. The summed E-state index contributed by atoms with van der Waals surface area (Å²) in [4.78, 5) is 10.8. The molecule has 0 saturated carbocycles. The van der Waals surface area contributed by atoms with Gasteiger partial charge in [-0.05, 0) is 6.26 Å². The Morgan fingerprint density at radius 1 is 1.54 bits per heavy atom. The summed E-state index contributed by atoms with van der Waals surface area (Å²) < 4.78 is 6.21. The monoisotopic (exact) mass is 236 g/mol. The molecule has 0 aliphatic rings. The lowest BCUT2D eigenvalue weighted by Gasteiger charge is -1.93. The Balaban J connectivity index is 2.41. The fourth-order valence-electron chi connectivity index (χ4n) is 0.518. The van der Waals surface area contributed by atoms with Gasteiger partial charge in [-0.3, -0.25) is 4.79 Å². The Kier molecular flexibility index (Phi) is 4.54. The highest BCUT2D eigenvalue weighted by molar-refractivity contribution is 8.03. The van der Waals surface area contributed by atoms with Gasteiger partial charge in [-0.1, -0.05) is 34.9 Å². The molecule has 7 heteroatoms. The molecule has 1 aromatic rings. The summed E-state index contributed by atoms with van der Waals surface area (Å²) in [5.41, 5.74) is 0. The molecule has 0 aromatic carbocycles. The molecule has 13 heavy (non-hydrogen) atoms. The molecule has 72 valence electrons. The van der Waals surface area contributed by atoms with Crippen LogP contribution < -0.4 is 0 Å². The first kappa shape index (κ1) is 10.8. The van der Waals surface area contributed by atoms with Crippen LogP contribution in [-0.2, 0) is 9.53 Å². The summed E-state index contributed by atoms with van der Waals surface area (Å²) >= 11 is 4.37. The van der Waals surface area contributed by atoms with Crippen molar-refractivity contribution in [3.63, 3.8) is 0 Å². The Bertz CT molecular complexity index is 289. The van der Waals surface area contributed by atoms with Gasteiger partial charge in [0.2, 0.25) is 0 Å². The summed E-state index contributed by atoms with van der Waals surface area (Å²) in [6.45, 7) is 0. The van der Waals surface area contributed by atoms with Gasteiger partial charge in [0.15, 0.2) is 8.68 Å². The molecule has 0 saturated heterocycles. The van der Waals surface area contributed by atoms with Crippen LogP contribution in [-0.4, -0.2) is 35.3 Å². The van der Waals surface area contributed by atoms with E-state index in [1.165, 1.54) is 30.2 Å². The smallest absolute Gasteiger partial charge is 0.316 e. The molecule has 1 aromatic heterocycles. The van der Waals surface area contributed by atoms with Gasteiger partial charge in [-0.15, -0.1) is 10.2 Å². The predicted octanol–water partition coefficient (Wildman–Crippen LogP) is 1.53. The van der Waals surface area contributed by atoms with E-state index < -0.39 is 0 Å². The molecule has 0 atom stereocenters. The van der Waals surface area contributed by atoms with Crippen molar-refractivity contribution in [2.45, 2.75) is 8.68 Å². The molecule has 0 radical (unpaired) electrons. The van der Waals surface area contributed by atoms with Gasteiger partial charge in [-0.25, -0.2) is 0 Å². The third kappa shape index (κ3) is 3.53. The first-order valence-corrected chi connectivity index (χ1v) is 6.36. The third-order valence-corrected chi connectivity index (χ3v) is 4.11. The van der Waals surface area contributed by atoms with Crippen LogP contribution in [0.2, 0.25) is 0 Å². The lowest BCUT2D eigenvalue weighted by atomic mass is 10.8. The van der Waals surface area contributed by atoms with Crippen molar-refractivity contribution >= 4 is 40.8 Å². The van der Waals surface area contributed by atoms with Crippen molar-refractivity contribution in [1.29, 1.82) is 0 Å². The van der Waals surface area contributed by atoms with Gasteiger partial charge >= 0.3 is 5.97 Å². The van der Waals surface area contributed by atoms with E-state index >= 15 is 0 Å². The van der Waals surface area contributed by atoms with Crippen LogP contribution in [0, 0.1) is 0 Å². The average Bonchev–Trinajstić information content (AvgIpc) is 2.61. The van der Waals surface area contributed by atoms with E-state index in [1.807, 2.05) is 6.26 Å². The molecule has 0 spiro atoms. The van der Waals surface area contributed by atoms with E-state index in [9.17, 15) is 4.79 Å². The quantitative estimate of drug-likeness (QED) is 0.583. The summed E-state index contributed by atoms with van der Waals surface area (Å²) in [6.07, 6.45) is 1.94. The van der Waals surface area contributed by atoms with Gasteiger partial charge in [0.05, 0.1) is 12.9 Å². The van der Waals surface area contributed by atoms with E-state index in [2.05, 4.69) is 14.9 Å². The minimum Gasteiger partial charge on any atom is -0.468 e. The zero-order valence-corrected chi connectivity index (χ0v) is 9.59. The zero-order chi connectivity index (χ0) is 9.68. The summed E-state index contributed by atoms with van der Waals surface area (Å²) in [7, 11) is 1.37. The van der Waals surface area contributed by atoms with Gasteiger partial charge in [0, 0.05) is 0 Å². The van der Waals surface area contributed by atoms with Crippen LogP contribution in [0.1, 0.15) is 0 Å². The number of carbonyl (C=O) groups excluding carboxylic acids is 1. The first-order chi connectivity index (χ1) is 6.26. The predicted molar refractivity (Wildman–Crippen MR) is 54.4 cm³/mol. The normalized spacial score (nSPS) is 10.0.